The molecule has 0 spiro atoms. The fourth-order valence-electron chi connectivity index (χ4n) is 4.66. The highest BCUT2D eigenvalue weighted by Crippen LogP contribution is 2.39. The lowest BCUT2D eigenvalue weighted by molar-refractivity contribution is -0.245. The molecule has 0 saturated carbocycles. The monoisotopic (exact) mass is 599 g/mol. The van der Waals surface area contributed by atoms with Crippen LogP contribution < -0.4 is 5.32 Å². The summed E-state index contributed by atoms with van der Waals surface area (Å²) in [4.78, 5) is 21.5. The van der Waals surface area contributed by atoms with Gasteiger partial charge in [-0.05, 0) is 35.7 Å². The van der Waals surface area contributed by atoms with E-state index in [1.807, 2.05) is 79.7 Å². The molecule has 11 heteroatoms. The number of fused-ring (bicyclic) bond motifs is 1. The first kappa shape index (κ1) is 28.4. The van der Waals surface area contributed by atoms with Gasteiger partial charge < -0.3 is 19.9 Å². The van der Waals surface area contributed by atoms with Gasteiger partial charge in [-0.25, -0.2) is 4.98 Å². The highest BCUT2D eigenvalue weighted by molar-refractivity contribution is 8.01. The fraction of sp³-hybridized carbons (Fsp3) is 0.258. The minimum Gasteiger partial charge on any atom is -0.392 e. The van der Waals surface area contributed by atoms with Crippen molar-refractivity contribution in [3.63, 3.8) is 0 Å². The van der Waals surface area contributed by atoms with Crippen LogP contribution in [0.1, 0.15) is 56.6 Å². The van der Waals surface area contributed by atoms with Crippen molar-refractivity contribution >= 4 is 40.0 Å². The first-order valence-electron chi connectivity index (χ1n) is 13.6. The molecule has 1 amide bonds. The number of amides is 1. The van der Waals surface area contributed by atoms with E-state index in [1.54, 1.807) is 23.1 Å². The van der Waals surface area contributed by atoms with Crippen LogP contribution in [0.15, 0.2) is 83.3 Å². The molecule has 42 heavy (non-hydrogen) atoms. The van der Waals surface area contributed by atoms with E-state index in [-0.39, 0.29) is 30.4 Å². The van der Waals surface area contributed by atoms with Gasteiger partial charge >= 0.3 is 0 Å². The molecule has 9 nitrogen and oxygen atoms in total. The second-order valence-electron chi connectivity index (χ2n) is 9.92. The third-order valence-corrected chi connectivity index (χ3v) is 9.01. The molecule has 5 aromatic rings. The van der Waals surface area contributed by atoms with Crippen LogP contribution in [0.4, 0.5) is 0 Å². The standard InChI is InChI=1S/C31H29N5O4S2/c1-19-35-36-31(42-19)41-18-24-14-28(22-10-8-21(17-37)9-11-22)40-30(39-24)23-12-6-20(7-13-23)15-33-29(38)27-16-32-25-4-2-3-5-26(25)34-27/h2-13,16,24,28,30,37H,14-15,17-18H2,1H3,(H,33,38)/t24-,28+,30+/m1/s1. The smallest absolute Gasteiger partial charge is 0.271 e. The lowest BCUT2D eigenvalue weighted by Crippen LogP contribution is -2.31. The molecule has 6 rings (SSSR count). The van der Waals surface area contributed by atoms with Gasteiger partial charge in [0.05, 0.1) is 36.0 Å². The largest absolute Gasteiger partial charge is 0.392 e. The van der Waals surface area contributed by atoms with Crippen LogP contribution in [-0.2, 0) is 22.6 Å². The Bertz CT molecular complexity index is 1660. The average Bonchev–Trinajstić information content (AvgIpc) is 3.47. The van der Waals surface area contributed by atoms with Crippen LogP contribution in [0, 0.1) is 6.92 Å². The molecule has 1 saturated heterocycles. The van der Waals surface area contributed by atoms with Crippen molar-refractivity contribution in [3.05, 3.63) is 112 Å². The summed E-state index contributed by atoms with van der Waals surface area (Å²) in [5.74, 6) is 0.443. The number of rotatable bonds is 9. The molecule has 3 aromatic carbocycles. The maximum atomic E-state index is 12.7. The van der Waals surface area contributed by atoms with Gasteiger partial charge in [0.25, 0.3) is 5.91 Å². The minimum absolute atomic E-state index is 0.000528. The zero-order chi connectivity index (χ0) is 28.9. The van der Waals surface area contributed by atoms with Gasteiger partial charge in [-0.1, -0.05) is 83.8 Å². The fourth-order valence-corrected chi connectivity index (χ4v) is 6.52. The van der Waals surface area contributed by atoms with Crippen molar-refractivity contribution in [2.75, 3.05) is 5.75 Å². The zero-order valence-corrected chi connectivity index (χ0v) is 24.5. The first-order valence-corrected chi connectivity index (χ1v) is 15.4. The van der Waals surface area contributed by atoms with E-state index in [0.29, 0.717) is 18.5 Å². The quantitative estimate of drug-likeness (QED) is 0.210. The van der Waals surface area contributed by atoms with Gasteiger partial charge in [-0.15, -0.1) is 10.2 Å². The van der Waals surface area contributed by atoms with Gasteiger partial charge in [0, 0.05) is 24.3 Å². The molecular formula is C31H29N5O4S2. The second kappa shape index (κ2) is 13.1. The number of nitrogens with one attached hydrogen (secondary N) is 1. The summed E-state index contributed by atoms with van der Waals surface area (Å²) >= 11 is 3.21. The van der Waals surface area contributed by atoms with Gasteiger partial charge in [-0.3, -0.25) is 9.78 Å². The number of thioether (sulfide) groups is 1. The molecule has 1 fully saturated rings. The van der Waals surface area contributed by atoms with Crippen molar-refractivity contribution in [3.8, 4) is 0 Å². The van der Waals surface area contributed by atoms with E-state index in [9.17, 15) is 9.90 Å². The summed E-state index contributed by atoms with van der Waals surface area (Å²) in [5.41, 5.74) is 5.43. The molecule has 1 aliphatic heterocycles. The van der Waals surface area contributed by atoms with E-state index in [4.69, 9.17) is 9.47 Å². The van der Waals surface area contributed by atoms with Crippen molar-refractivity contribution in [1.82, 2.24) is 25.5 Å². The second-order valence-corrected chi connectivity index (χ2v) is 12.4. The maximum Gasteiger partial charge on any atom is 0.271 e. The van der Waals surface area contributed by atoms with Crippen LogP contribution >= 0.6 is 23.1 Å². The zero-order valence-electron chi connectivity index (χ0n) is 22.8. The third kappa shape index (κ3) is 6.83. The maximum absolute atomic E-state index is 12.7. The van der Waals surface area contributed by atoms with E-state index < -0.39 is 6.29 Å². The summed E-state index contributed by atoms with van der Waals surface area (Å²) in [5, 5.41) is 21.6. The lowest BCUT2D eigenvalue weighted by atomic mass is 10.0. The molecule has 0 unspecified atom stereocenters. The van der Waals surface area contributed by atoms with Crippen molar-refractivity contribution in [1.29, 1.82) is 0 Å². The predicted molar refractivity (Wildman–Crippen MR) is 161 cm³/mol. The van der Waals surface area contributed by atoms with E-state index in [2.05, 4.69) is 25.5 Å². The Morgan fingerprint density at radius 2 is 1.71 bits per heavy atom. The number of aliphatic hydroxyl groups excluding tert-OH is 1. The van der Waals surface area contributed by atoms with Crippen LogP contribution in [0.25, 0.3) is 11.0 Å². The molecule has 3 heterocycles. The van der Waals surface area contributed by atoms with Gasteiger partial charge in [-0.2, -0.15) is 0 Å². The van der Waals surface area contributed by atoms with Crippen LogP contribution in [0.5, 0.6) is 0 Å². The summed E-state index contributed by atoms with van der Waals surface area (Å²) in [6.07, 6.45) is 1.40. The molecule has 0 radical (unpaired) electrons. The van der Waals surface area contributed by atoms with Crippen molar-refractivity contribution < 1.29 is 19.4 Å². The Kier molecular flexibility index (Phi) is 8.82. The Labute approximate surface area is 251 Å². The number of aromatic nitrogens is 4. The highest BCUT2D eigenvalue weighted by Gasteiger charge is 2.32. The Balaban J connectivity index is 1.12. The number of hydrogen-bond acceptors (Lipinski definition) is 10. The topological polar surface area (TPSA) is 119 Å². The Morgan fingerprint density at radius 1 is 0.976 bits per heavy atom. The van der Waals surface area contributed by atoms with Crippen molar-refractivity contribution in [2.24, 2.45) is 0 Å². The summed E-state index contributed by atoms with van der Waals surface area (Å²) in [7, 11) is 0. The number of aryl methyl sites for hydroxylation is 1. The van der Waals surface area contributed by atoms with Crippen LogP contribution in [0.3, 0.4) is 0 Å². The van der Waals surface area contributed by atoms with Gasteiger partial charge in [0.2, 0.25) is 0 Å². The van der Waals surface area contributed by atoms with Crippen molar-refractivity contribution in [2.45, 2.75) is 49.3 Å². The number of ether oxygens (including phenoxy) is 2. The number of para-hydroxylation sites is 2. The summed E-state index contributed by atoms with van der Waals surface area (Å²) < 4.78 is 13.8. The molecule has 0 aliphatic carbocycles. The number of benzene rings is 3. The molecule has 2 aromatic heterocycles. The highest BCUT2D eigenvalue weighted by atomic mass is 32.2. The average molecular weight is 600 g/mol. The predicted octanol–water partition coefficient (Wildman–Crippen LogP) is 5.55. The number of carbonyl (C=O) groups is 1. The van der Waals surface area contributed by atoms with Crippen LogP contribution in [0.2, 0.25) is 0 Å². The minimum atomic E-state index is -0.556. The van der Waals surface area contributed by atoms with Gasteiger partial charge in [0.1, 0.15) is 10.7 Å². The van der Waals surface area contributed by atoms with E-state index >= 15 is 0 Å². The lowest BCUT2D eigenvalue weighted by Gasteiger charge is -2.36. The number of carbonyl (C=O) groups excluding carboxylic acids is 1. The first-order chi connectivity index (χ1) is 20.5. The molecule has 1 aliphatic rings. The summed E-state index contributed by atoms with van der Waals surface area (Å²) in [6.45, 7) is 2.29. The molecule has 2 N–H and O–H groups in total. The van der Waals surface area contributed by atoms with E-state index in [1.165, 1.54) is 6.20 Å². The molecule has 3 atom stereocenters. The molecular weight excluding hydrogens is 571 g/mol. The third-order valence-electron chi connectivity index (χ3n) is 6.90. The number of aliphatic hydroxyl groups is 1. The SMILES string of the molecule is Cc1nnc(SC[C@H]2C[C@@H](c3ccc(CO)cc3)O[C@@H](c3ccc(CNC(=O)c4cnc5ccccc5n4)cc3)O2)s1. The van der Waals surface area contributed by atoms with Crippen LogP contribution in [-0.4, -0.2) is 43.0 Å². The molecule has 0 bridgehead atoms. The Hall–Kier alpha value is -3.74. The normalized spacial score (nSPS) is 18.7. The molecule has 214 valence electrons. The van der Waals surface area contributed by atoms with E-state index in [0.717, 1.165) is 42.9 Å². The Morgan fingerprint density at radius 3 is 2.45 bits per heavy atom. The number of hydrogen-bond donors (Lipinski definition) is 2. The number of nitrogens with zero attached hydrogens (tertiary/aromatic N) is 4. The summed E-state index contributed by atoms with van der Waals surface area (Å²) in [6, 6.07) is 23.2. The van der Waals surface area contributed by atoms with Gasteiger partial charge in [0.15, 0.2) is 10.6 Å².